The third kappa shape index (κ3) is 0.675. The molecule has 0 saturated heterocycles. The highest BCUT2D eigenvalue weighted by Crippen LogP contribution is 2.27. The maximum atomic E-state index is 9.21. The molecule has 3 heteroatoms. The van der Waals surface area contributed by atoms with Gasteiger partial charge in [0, 0.05) is 11.6 Å². The van der Waals surface area contributed by atoms with Crippen LogP contribution in [0.15, 0.2) is 23.8 Å². The number of aromatic nitrogens is 1. The molecule has 2 aromatic rings. The van der Waals surface area contributed by atoms with E-state index in [4.69, 9.17) is 0 Å². The Morgan fingerprint density at radius 2 is 2.30 bits per heavy atom. The number of hydrogen-bond donors (Lipinski definition) is 1. The van der Waals surface area contributed by atoms with E-state index >= 15 is 0 Å². The molecule has 0 radical (unpaired) electrons. The maximum absolute atomic E-state index is 9.21. The summed E-state index contributed by atoms with van der Waals surface area (Å²) in [5.74, 6) is 0.271. The molecule has 0 aliphatic rings. The van der Waals surface area contributed by atoms with E-state index < -0.39 is 0 Å². The summed E-state index contributed by atoms with van der Waals surface area (Å²) in [4.78, 5) is 3.84. The fourth-order valence-corrected chi connectivity index (χ4v) is 1.66. The summed E-state index contributed by atoms with van der Waals surface area (Å²) in [5, 5.41) is 12.1. The number of nitrogens with zero attached hydrogens (tertiary/aromatic N) is 1. The quantitative estimate of drug-likeness (QED) is 0.624. The average molecular weight is 151 g/mol. The van der Waals surface area contributed by atoms with Gasteiger partial charge in [-0.3, -0.25) is 4.98 Å². The van der Waals surface area contributed by atoms with Gasteiger partial charge in [-0.1, -0.05) is 0 Å². The zero-order valence-corrected chi connectivity index (χ0v) is 5.93. The van der Waals surface area contributed by atoms with Crippen molar-refractivity contribution in [2.45, 2.75) is 0 Å². The van der Waals surface area contributed by atoms with E-state index in [2.05, 4.69) is 4.98 Å². The molecule has 0 aromatic carbocycles. The fourth-order valence-electron chi connectivity index (χ4n) is 0.876. The minimum absolute atomic E-state index is 0.271. The van der Waals surface area contributed by atoms with Gasteiger partial charge in [0.15, 0.2) is 5.75 Å². The molecule has 50 valence electrons. The van der Waals surface area contributed by atoms with Gasteiger partial charge in [-0.05, 0) is 11.4 Å². The molecule has 0 spiro atoms. The molecule has 2 aromatic heterocycles. The van der Waals surface area contributed by atoms with Crippen LogP contribution in [0.2, 0.25) is 0 Å². The van der Waals surface area contributed by atoms with Crippen molar-refractivity contribution in [3.05, 3.63) is 23.8 Å². The molecule has 0 unspecified atom stereocenters. The van der Waals surface area contributed by atoms with E-state index in [0.717, 1.165) is 10.1 Å². The summed E-state index contributed by atoms with van der Waals surface area (Å²) in [6, 6.07) is 1.94. The largest absolute Gasteiger partial charge is 0.505 e. The summed E-state index contributed by atoms with van der Waals surface area (Å²) in [6.07, 6.45) is 3.20. The second kappa shape index (κ2) is 1.95. The Morgan fingerprint density at radius 3 is 3.10 bits per heavy atom. The lowest BCUT2D eigenvalue weighted by molar-refractivity contribution is 0.480. The zero-order valence-electron chi connectivity index (χ0n) is 5.11. The standard InChI is InChI=1S/C7H5NOS/c9-6-4-8-3-5-1-2-10-7(5)6/h1-4,9H. The van der Waals surface area contributed by atoms with E-state index in [9.17, 15) is 5.11 Å². The number of rotatable bonds is 0. The van der Waals surface area contributed by atoms with Gasteiger partial charge in [-0.25, -0.2) is 0 Å². The van der Waals surface area contributed by atoms with E-state index in [1.165, 1.54) is 17.5 Å². The van der Waals surface area contributed by atoms with Crippen molar-refractivity contribution in [2.24, 2.45) is 0 Å². The first-order valence-corrected chi connectivity index (χ1v) is 3.76. The molecule has 1 N–H and O–H groups in total. The second-order valence-corrected chi connectivity index (χ2v) is 2.91. The molecule has 0 fully saturated rings. The highest BCUT2D eigenvalue weighted by atomic mass is 32.1. The molecule has 0 aliphatic carbocycles. The Hall–Kier alpha value is -1.09. The van der Waals surface area contributed by atoms with Crippen LogP contribution in [0.25, 0.3) is 10.1 Å². The van der Waals surface area contributed by atoms with E-state index in [1.807, 2.05) is 11.4 Å². The molecule has 0 amide bonds. The van der Waals surface area contributed by atoms with Crippen LogP contribution >= 0.6 is 11.3 Å². The lowest BCUT2D eigenvalue weighted by Gasteiger charge is -1.89. The maximum Gasteiger partial charge on any atom is 0.151 e. The van der Waals surface area contributed by atoms with Crippen molar-refractivity contribution < 1.29 is 5.11 Å². The van der Waals surface area contributed by atoms with Crippen LogP contribution in [0.5, 0.6) is 5.75 Å². The highest BCUT2D eigenvalue weighted by Gasteiger charge is 1.98. The van der Waals surface area contributed by atoms with E-state index in [0.29, 0.717) is 0 Å². The first kappa shape index (κ1) is 5.68. The van der Waals surface area contributed by atoms with Gasteiger partial charge in [0.25, 0.3) is 0 Å². The van der Waals surface area contributed by atoms with Gasteiger partial charge in [0.2, 0.25) is 0 Å². The van der Waals surface area contributed by atoms with Crippen LogP contribution in [0, 0.1) is 0 Å². The summed E-state index contributed by atoms with van der Waals surface area (Å²) in [7, 11) is 0. The Bertz CT molecular complexity index is 355. The van der Waals surface area contributed by atoms with Crippen LogP contribution < -0.4 is 0 Å². The van der Waals surface area contributed by atoms with Gasteiger partial charge in [0.05, 0.1) is 10.9 Å². The van der Waals surface area contributed by atoms with E-state index in [-0.39, 0.29) is 5.75 Å². The van der Waals surface area contributed by atoms with Crippen molar-refractivity contribution in [1.29, 1.82) is 0 Å². The summed E-state index contributed by atoms with van der Waals surface area (Å²) >= 11 is 1.52. The van der Waals surface area contributed by atoms with Gasteiger partial charge in [0.1, 0.15) is 0 Å². The molecule has 0 bridgehead atoms. The number of hydrogen-bond acceptors (Lipinski definition) is 3. The molecule has 0 aliphatic heterocycles. The molecule has 10 heavy (non-hydrogen) atoms. The molecular weight excluding hydrogens is 146 g/mol. The van der Waals surface area contributed by atoms with Gasteiger partial charge in [-0.15, -0.1) is 11.3 Å². The van der Waals surface area contributed by atoms with Gasteiger partial charge in [-0.2, -0.15) is 0 Å². The van der Waals surface area contributed by atoms with Crippen LogP contribution in [0.3, 0.4) is 0 Å². The third-order valence-corrected chi connectivity index (χ3v) is 2.29. The van der Waals surface area contributed by atoms with Crippen molar-refractivity contribution in [3.8, 4) is 5.75 Å². The zero-order chi connectivity index (χ0) is 6.97. The predicted molar refractivity (Wildman–Crippen MR) is 41.3 cm³/mol. The minimum atomic E-state index is 0.271. The summed E-state index contributed by atoms with van der Waals surface area (Å²) < 4.78 is 0.912. The number of pyridine rings is 1. The number of fused-ring (bicyclic) bond motifs is 1. The second-order valence-electron chi connectivity index (χ2n) is 2.00. The molecule has 0 saturated carbocycles. The Kier molecular flexibility index (Phi) is 1.11. The van der Waals surface area contributed by atoms with Crippen LogP contribution in [0.4, 0.5) is 0 Å². The van der Waals surface area contributed by atoms with Crippen LogP contribution in [-0.2, 0) is 0 Å². The smallest absolute Gasteiger partial charge is 0.151 e. The van der Waals surface area contributed by atoms with Crippen LogP contribution in [0.1, 0.15) is 0 Å². The van der Waals surface area contributed by atoms with Gasteiger partial charge < -0.3 is 5.11 Å². The summed E-state index contributed by atoms with van der Waals surface area (Å²) in [5.41, 5.74) is 0. The minimum Gasteiger partial charge on any atom is -0.505 e. The fraction of sp³-hybridized carbons (Fsp3) is 0. The average Bonchev–Trinajstić information content (AvgIpc) is 2.36. The summed E-state index contributed by atoms with van der Waals surface area (Å²) in [6.45, 7) is 0. The first-order valence-electron chi connectivity index (χ1n) is 2.88. The monoisotopic (exact) mass is 151 g/mol. The molecular formula is C7H5NOS. The van der Waals surface area contributed by atoms with Crippen molar-refractivity contribution in [2.75, 3.05) is 0 Å². The third-order valence-electron chi connectivity index (χ3n) is 1.34. The van der Waals surface area contributed by atoms with E-state index in [1.54, 1.807) is 6.20 Å². The molecule has 2 heterocycles. The first-order chi connectivity index (χ1) is 4.88. The Labute approximate surface area is 61.8 Å². The topological polar surface area (TPSA) is 33.1 Å². The lowest BCUT2D eigenvalue weighted by atomic mass is 10.3. The number of thiophene rings is 1. The highest BCUT2D eigenvalue weighted by molar-refractivity contribution is 7.17. The molecule has 0 atom stereocenters. The molecule has 2 rings (SSSR count). The van der Waals surface area contributed by atoms with Crippen molar-refractivity contribution in [3.63, 3.8) is 0 Å². The van der Waals surface area contributed by atoms with Crippen molar-refractivity contribution in [1.82, 2.24) is 4.98 Å². The predicted octanol–water partition coefficient (Wildman–Crippen LogP) is 2.00. The van der Waals surface area contributed by atoms with Gasteiger partial charge >= 0.3 is 0 Å². The molecule has 2 nitrogen and oxygen atoms in total. The SMILES string of the molecule is Oc1cncc2ccsc12. The lowest BCUT2D eigenvalue weighted by Crippen LogP contribution is -1.68. The number of aromatic hydroxyl groups is 1. The van der Waals surface area contributed by atoms with Crippen molar-refractivity contribution >= 4 is 21.4 Å². The Balaban J connectivity index is 2.95. The Morgan fingerprint density at radius 1 is 1.40 bits per heavy atom. The van der Waals surface area contributed by atoms with Crippen LogP contribution in [-0.4, -0.2) is 10.1 Å². The normalized spacial score (nSPS) is 10.4.